The average Bonchev–Trinajstić information content (AvgIpc) is 3.48. The van der Waals surface area contributed by atoms with E-state index in [1.807, 2.05) is 95.0 Å². The van der Waals surface area contributed by atoms with E-state index in [1.165, 1.54) is 0 Å². The molecule has 0 saturated carbocycles. The van der Waals surface area contributed by atoms with Crippen molar-refractivity contribution in [3.63, 3.8) is 0 Å². The predicted octanol–water partition coefficient (Wildman–Crippen LogP) is 5.56. The molecule has 3 aromatic carbocycles. The first-order valence-corrected chi connectivity index (χ1v) is 11.8. The predicted molar refractivity (Wildman–Crippen MR) is 135 cm³/mol. The van der Waals surface area contributed by atoms with Gasteiger partial charge in [-0.05, 0) is 29.8 Å². The highest BCUT2D eigenvalue weighted by molar-refractivity contribution is 7.15. The molecule has 7 heteroatoms. The van der Waals surface area contributed by atoms with Gasteiger partial charge < -0.3 is 10.6 Å². The summed E-state index contributed by atoms with van der Waals surface area (Å²) in [6, 6.07) is 25.7. The number of anilines is 1. The highest BCUT2D eigenvalue weighted by Gasteiger charge is 2.19. The van der Waals surface area contributed by atoms with Crippen molar-refractivity contribution in [2.45, 2.75) is 12.5 Å². The second kappa shape index (κ2) is 9.72. The van der Waals surface area contributed by atoms with Crippen LogP contribution in [0, 0.1) is 0 Å². The monoisotopic (exact) mass is 466 g/mol. The SMILES string of the molecule is O=C(CC(NC(=O)c1ccccc1)c1ccccc1)Nc1ccc(-c2cn3ccsc3n2)cc1. The molecule has 1 atom stereocenters. The number of aromatic nitrogens is 2. The molecule has 2 heterocycles. The summed E-state index contributed by atoms with van der Waals surface area (Å²) in [4.78, 5) is 31.2. The van der Waals surface area contributed by atoms with Crippen LogP contribution in [-0.4, -0.2) is 21.2 Å². The lowest BCUT2D eigenvalue weighted by Gasteiger charge is -2.19. The fraction of sp³-hybridized carbons (Fsp3) is 0.0741. The lowest BCUT2D eigenvalue weighted by Crippen LogP contribution is -2.31. The molecule has 34 heavy (non-hydrogen) atoms. The first kappa shape index (κ1) is 21.6. The van der Waals surface area contributed by atoms with E-state index in [-0.39, 0.29) is 18.2 Å². The lowest BCUT2D eigenvalue weighted by molar-refractivity contribution is -0.116. The zero-order valence-corrected chi connectivity index (χ0v) is 19.0. The molecule has 0 aliphatic carbocycles. The van der Waals surface area contributed by atoms with Gasteiger partial charge in [0.05, 0.1) is 18.2 Å². The maximum atomic E-state index is 12.9. The maximum absolute atomic E-state index is 12.9. The number of thiazole rings is 1. The number of nitrogens with one attached hydrogen (secondary N) is 2. The highest BCUT2D eigenvalue weighted by Crippen LogP contribution is 2.24. The van der Waals surface area contributed by atoms with E-state index in [2.05, 4.69) is 15.6 Å². The normalized spacial score (nSPS) is 11.8. The Kier molecular flexibility index (Phi) is 6.18. The van der Waals surface area contributed by atoms with Crippen molar-refractivity contribution >= 4 is 33.8 Å². The minimum absolute atomic E-state index is 0.113. The molecule has 2 aromatic heterocycles. The summed E-state index contributed by atoms with van der Waals surface area (Å²) in [5.41, 5.74) is 3.98. The first-order chi connectivity index (χ1) is 16.7. The van der Waals surface area contributed by atoms with Crippen molar-refractivity contribution in [2.24, 2.45) is 0 Å². The summed E-state index contributed by atoms with van der Waals surface area (Å²) in [5, 5.41) is 7.94. The Morgan fingerprint density at radius 3 is 2.32 bits per heavy atom. The van der Waals surface area contributed by atoms with E-state index in [0.717, 1.165) is 21.8 Å². The molecular weight excluding hydrogens is 444 g/mol. The fourth-order valence-corrected chi connectivity index (χ4v) is 4.46. The standard InChI is InChI=1S/C27H22N4O2S/c32-25(28-22-13-11-20(12-14-22)24-18-31-15-16-34-27(31)30-24)17-23(19-7-3-1-4-8-19)29-26(33)21-9-5-2-6-10-21/h1-16,18,23H,17H2,(H,28,32)(H,29,33). The van der Waals surface area contributed by atoms with Crippen molar-refractivity contribution in [1.82, 2.24) is 14.7 Å². The molecule has 0 bridgehead atoms. The largest absolute Gasteiger partial charge is 0.345 e. The number of imidazole rings is 1. The number of amides is 2. The second-order valence-electron chi connectivity index (χ2n) is 7.85. The average molecular weight is 467 g/mol. The van der Waals surface area contributed by atoms with Gasteiger partial charge in [0.1, 0.15) is 0 Å². The number of nitrogens with zero attached hydrogens (tertiary/aromatic N) is 2. The Morgan fingerprint density at radius 2 is 1.62 bits per heavy atom. The van der Waals surface area contributed by atoms with Crippen LogP contribution >= 0.6 is 11.3 Å². The Bertz CT molecular complexity index is 1380. The van der Waals surface area contributed by atoms with Crippen molar-refractivity contribution in [2.75, 3.05) is 5.32 Å². The van der Waals surface area contributed by atoms with E-state index in [9.17, 15) is 9.59 Å². The van der Waals surface area contributed by atoms with Crippen molar-refractivity contribution in [1.29, 1.82) is 0 Å². The van der Waals surface area contributed by atoms with Crippen molar-refractivity contribution < 1.29 is 9.59 Å². The minimum Gasteiger partial charge on any atom is -0.345 e. The molecule has 0 aliphatic heterocycles. The molecule has 5 rings (SSSR count). The molecule has 0 aliphatic rings. The lowest BCUT2D eigenvalue weighted by atomic mass is 10.0. The number of carbonyl (C=O) groups is 2. The van der Waals surface area contributed by atoms with E-state index < -0.39 is 6.04 Å². The number of benzene rings is 3. The summed E-state index contributed by atoms with van der Waals surface area (Å²) in [6.07, 6.45) is 4.08. The summed E-state index contributed by atoms with van der Waals surface area (Å²) in [6.45, 7) is 0. The number of fused-ring (bicyclic) bond motifs is 1. The zero-order chi connectivity index (χ0) is 23.3. The topological polar surface area (TPSA) is 75.5 Å². The molecule has 6 nitrogen and oxygen atoms in total. The van der Waals surface area contributed by atoms with Crippen LogP contribution in [0.5, 0.6) is 0 Å². The van der Waals surface area contributed by atoms with Crippen LogP contribution in [0.15, 0.2) is 103 Å². The Balaban J connectivity index is 1.27. The molecule has 0 spiro atoms. The van der Waals surface area contributed by atoms with E-state index >= 15 is 0 Å². The number of carbonyl (C=O) groups excluding carboxylic acids is 2. The van der Waals surface area contributed by atoms with Gasteiger partial charge in [0, 0.05) is 34.6 Å². The van der Waals surface area contributed by atoms with Gasteiger partial charge in [-0.25, -0.2) is 4.98 Å². The summed E-state index contributed by atoms with van der Waals surface area (Å²) >= 11 is 1.59. The zero-order valence-electron chi connectivity index (χ0n) is 18.2. The first-order valence-electron chi connectivity index (χ1n) is 10.9. The smallest absolute Gasteiger partial charge is 0.251 e. The van der Waals surface area contributed by atoms with Gasteiger partial charge in [-0.15, -0.1) is 11.3 Å². The third kappa shape index (κ3) is 4.89. The van der Waals surface area contributed by atoms with Gasteiger partial charge in [-0.2, -0.15) is 0 Å². The van der Waals surface area contributed by atoms with Crippen LogP contribution < -0.4 is 10.6 Å². The van der Waals surface area contributed by atoms with Crippen LogP contribution in [0.1, 0.15) is 28.4 Å². The van der Waals surface area contributed by atoms with Gasteiger partial charge in [0.2, 0.25) is 5.91 Å². The number of hydrogen-bond acceptors (Lipinski definition) is 4. The molecule has 2 amide bonds. The molecule has 168 valence electrons. The summed E-state index contributed by atoms with van der Waals surface area (Å²) in [5.74, 6) is -0.399. The van der Waals surface area contributed by atoms with Gasteiger partial charge in [0.25, 0.3) is 5.91 Å². The Hall–Kier alpha value is -4.23. The number of hydrogen-bond donors (Lipinski definition) is 2. The quantitative estimate of drug-likeness (QED) is 0.330. The van der Waals surface area contributed by atoms with Crippen molar-refractivity contribution in [3.05, 3.63) is 114 Å². The van der Waals surface area contributed by atoms with Crippen LogP contribution in [0.25, 0.3) is 16.2 Å². The molecule has 1 unspecified atom stereocenters. The summed E-state index contributed by atoms with van der Waals surface area (Å²) in [7, 11) is 0. The third-order valence-electron chi connectivity index (χ3n) is 5.49. The Labute approximate surface area is 200 Å². The number of rotatable bonds is 7. The minimum atomic E-state index is -0.452. The van der Waals surface area contributed by atoms with E-state index in [0.29, 0.717) is 11.3 Å². The summed E-state index contributed by atoms with van der Waals surface area (Å²) < 4.78 is 1.99. The maximum Gasteiger partial charge on any atom is 0.251 e. The molecule has 0 radical (unpaired) electrons. The van der Waals surface area contributed by atoms with Crippen molar-refractivity contribution in [3.8, 4) is 11.3 Å². The van der Waals surface area contributed by atoms with E-state index in [1.54, 1.807) is 23.5 Å². The van der Waals surface area contributed by atoms with Crippen LogP contribution in [-0.2, 0) is 4.79 Å². The molecule has 0 saturated heterocycles. The van der Waals surface area contributed by atoms with Gasteiger partial charge >= 0.3 is 0 Å². The van der Waals surface area contributed by atoms with Gasteiger partial charge in [-0.3, -0.25) is 14.0 Å². The third-order valence-corrected chi connectivity index (χ3v) is 6.26. The Morgan fingerprint density at radius 1 is 0.912 bits per heavy atom. The van der Waals surface area contributed by atoms with Crippen LogP contribution in [0.2, 0.25) is 0 Å². The van der Waals surface area contributed by atoms with E-state index in [4.69, 9.17) is 0 Å². The molecule has 2 N–H and O–H groups in total. The molecular formula is C27H22N4O2S. The molecule has 5 aromatic rings. The van der Waals surface area contributed by atoms with Crippen LogP contribution in [0.3, 0.4) is 0 Å². The van der Waals surface area contributed by atoms with Gasteiger partial charge in [-0.1, -0.05) is 60.7 Å². The molecule has 0 fully saturated rings. The van der Waals surface area contributed by atoms with Gasteiger partial charge in [0.15, 0.2) is 4.96 Å². The highest BCUT2D eigenvalue weighted by atomic mass is 32.1. The fourth-order valence-electron chi connectivity index (χ4n) is 3.76. The second-order valence-corrected chi connectivity index (χ2v) is 8.72. The van der Waals surface area contributed by atoms with Crippen LogP contribution in [0.4, 0.5) is 5.69 Å².